The van der Waals surface area contributed by atoms with E-state index in [-0.39, 0.29) is 17.4 Å². The average molecular weight is 364 g/mol. The lowest BCUT2D eigenvalue weighted by Gasteiger charge is -2.12. The number of hydrogen-bond acceptors (Lipinski definition) is 4. The summed E-state index contributed by atoms with van der Waals surface area (Å²) in [6.45, 7) is 4.34. The number of para-hydroxylation sites is 1. The third kappa shape index (κ3) is 4.67. The van der Waals surface area contributed by atoms with Crippen molar-refractivity contribution in [1.29, 1.82) is 0 Å². The molecular weight excluding hydrogens is 343 g/mol. The summed E-state index contributed by atoms with van der Waals surface area (Å²) in [7, 11) is 0. The summed E-state index contributed by atoms with van der Waals surface area (Å²) >= 11 is 0. The fourth-order valence-electron chi connectivity index (χ4n) is 2.79. The Kier molecular flexibility index (Phi) is 5.76. The molecular formula is C21H21FN4O. The van der Waals surface area contributed by atoms with Gasteiger partial charge in [-0.15, -0.1) is 0 Å². The molecule has 0 aliphatic heterocycles. The normalized spacial score (nSPS) is 10.5. The summed E-state index contributed by atoms with van der Waals surface area (Å²) in [6, 6.07) is 14.1. The lowest BCUT2D eigenvalue weighted by molar-refractivity contribution is 0.0949. The molecule has 0 aliphatic rings. The van der Waals surface area contributed by atoms with E-state index < -0.39 is 0 Å². The molecule has 0 radical (unpaired) electrons. The quantitative estimate of drug-likeness (QED) is 0.695. The zero-order chi connectivity index (χ0) is 19.2. The largest absolute Gasteiger partial charge is 0.350 e. The van der Waals surface area contributed by atoms with E-state index in [4.69, 9.17) is 0 Å². The molecule has 1 aromatic heterocycles. The number of aryl methyl sites for hydroxylation is 2. The van der Waals surface area contributed by atoms with E-state index in [1.54, 1.807) is 24.3 Å². The fraction of sp³-hybridized carbons (Fsp3) is 0.190. The number of nitrogens with one attached hydrogen (secondary N) is 2. The minimum Gasteiger partial charge on any atom is -0.350 e. The minimum absolute atomic E-state index is 0.257. The van der Waals surface area contributed by atoms with Gasteiger partial charge in [0.2, 0.25) is 0 Å². The number of amides is 1. The molecule has 2 aromatic carbocycles. The molecule has 3 rings (SSSR count). The minimum atomic E-state index is -0.321. The van der Waals surface area contributed by atoms with E-state index in [1.165, 1.54) is 12.4 Å². The number of benzene rings is 2. The Hall–Kier alpha value is -3.28. The maximum atomic E-state index is 13.6. The number of rotatable bonds is 6. The van der Waals surface area contributed by atoms with Gasteiger partial charge < -0.3 is 10.6 Å². The summed E-state index contributed by atoms with van der Waals surface area (Å²) in [6.07, 6.45) is 1.76. The average Bonchev–Trinajstić information content (AvgIpc) is 2.66. The summed E-state index contributed by atoms with van der Waals surface area (Å²) in [5.74, 6) is -0.0474. The van der Waals surface area contributed by atoms with Crippen molar-refractivity contribution in [2.45, 2.75) is 20.3 Å². The van der Waals surface area contributed by atoms with Gasteiger partial charge in [-0.1, -0.05) is 36.4 Å². The van der Waals surface area contributed by atoms with E-state index in [2.05, 4.69) is 20.6 Å². The van der Waals surface area contributed by atoms with Crippen LogP contribution in [0.1, 0.15) is 27.2 Å². The van der Waals surface area contributed by atoms with Crippen molar-refractivity contribution in [3.63, 3.8) is 0 Å². The van der Waals surface area contributed by atoms with Gasteiger partial charge in [-0.3, -0.25) is 4.79 Å². The maximum Gasteiger partial charge on any atom is 0.270 e. The van der Waals surface area contributed by atoms with Crippen molar-refractivity contribution in [3.05, 3.63) is 83.1 Å². The highest BCUT2D eigenvalue weighted by Gasteiger charge is 2.10. The maximum absolute atomic E-state index is 13.6. The Labute approximate surface area is 157 Å². The zero-order valence-corrected chi connectivity index (χ0v) is 15.3. The number of hydrogen-bond donors (Lipinski definition) is 2. The van der Waals surface area contributed by atoms with E-state index in [0.29, 0.717) is 24.3 Å². The Morgan fingerprint density at radius 1 is 1.04 bits per heavy atom. The Bertz CT molecular complexity index is 938. The predicted molar refractivity (Wildman–Crippen MR) is 104 cm³/mol. The van der Waals surface area contributed by atoms with Crippen LogP contribution in [-0.2, 0) is 6.42 Å². The first kappa shape index (κ1) is 18.5. The van der Waals surface area contributed by atoms with Crippen molar-refractivity contribution < 1.29 is 9.18 Å². The van der Waals surface area contributed by atoms with Crippen LogP contribution in [0.2, 0.25) is 0 Å². The van der Waals surface area contributed by atoms with Crippen molar-refractivity contribution in [2.75, 3.05) is 11.9 Å². The lowest BCUT2D eigenvalue weighted by atomic mass is 10.1. The molecule has 1 amide bonds. The molecule has 0 saturated carbocycles. The molecule has 0 bridgehead atoms. The lowest BCUT2D eigenvalue weighted by Crippen LogP contribution is -2.26. The Balaban J connectivity index is 1.64. The van der Waals surface area contributed by atoms with Gasteiger partial charge in [0.15, 0.2) is 0 Å². The third-order valence-corrected chi connectivity index (χ3v) is 4.27. The molecule has 0 fully saturated rings. The number of halogens is 1. The molecule has 0 spiro atoms. The SMILES string of the molecule is Cc1cccc(C)c1Nc1cc(C(=O)NCCc2ccccc2F)ncn1. The monoisotopic (exact) mass is 364 g/mol. The highest BCUT2D eigenvalue weighted by molar-refractivity contribution is 5.93. The smallest absolute Gasteiger partial charge is 0.270 e. The van der Waals surface area contributed by atoms with Crippen LogP contribution in [0.5, 0.6) is 0 Å². The molecule has 0 atom stereocenters. The van der Waals surface area contributed by atoms with Gasteiger partial charge in [-0.05, 0) is 43.0 Å². The molecule has 6 heteroatoms. The Morgan fingerprint density at radius 3 is 2.52 bits per heavy atom. The summed E-state index contributed by atoms with van der Waals surface area (Å²) in [5, 5.41) is 6.01. The van der Waals surface area contributed by atoms with Gasteiger partial charge in [-0.2, -0.15) is 0 Å². The van der Waals surface area contributed by atoms with Gasteiger partial charge in [0.25, 0.3) is 5.91 Å². The van der Waals surface area contributed by atoms with E-state index in [0.717, 1.165) is 16.8 Å². The van der Waals surface area contributed by atoms with Crippen LogP contribution in [0.25, 0.3) is 0 Å². The topological polar surface area (TPSA) is 66.9 Å². The van der Waals surface area contributed by atoms with E-state index >= 15 is 0 Å². The van der Waals surface area contributed by atoms with Crippen LogP contribution in [0.4, 0.5) is 15.9 Å². The van der Waals surface area contributed by atoms with Crippen LogP contribution in [0.15, 0.2) is 54.9 Å². The first-order valence-corrected chi connectivity index (χ1v) is 8.71. The van der Waals surface area contributed by atoms with Gasteiger partial charge >= 0.3 is 0 Å². The van der Waals surface area contributed by atoms with Crippen molar-refractivity contribution in [1.82, 2.24) is 15.3 Å². The summed E-state index contributed by atoms with van der Waals surface area (Å²) in [4.78, 5) is 20.6. The zero-order valence-electron chi connectivity index (χ0n) is 15.3. The molecule has 138 valence electrons. The molecule has 27 heavy (non-hydrogen) atoms. The molecule has 1 heterocycles. The van der Waals surface area contributed by atoms with E-state index in [1.807, 2.05) is 32.0 Å². The number of anilines is 2. The van der Waals surface area contributed by atoms with Gasteiger partial charge in [0.1, 0.15) is 23.7 Å². The second-order valence-corrected chi connectivity index (χ2v) is 6.28. The highest BCUT2D eigenvalue weighted by atomic mass is 19.1. The van der Waals surface area contributed by atoms with Gasteiger partial charge in [0.05, 0.1) is 0 Å². The predicted octanol–water partition coefficient (Wildman–Crippen LogP) is 3.95. The third-order valence-electron chi connectivity index (χ3n) is 4.27. The van der Waals surface area contributed by atoms with Gasteiger partial charge in [0, 0.05) is 18.3 Å². The number of carbonyl (C=O) groups is 1. The fourth-order valence-corrected chi connectivity index (χ4v) is 2.79. The van der Waals surface area contributed by atoms with Crippen molar-refractivity contribution >= 4 is 17.4 Å². The number of carbonyl (C=O) groups excluding carboxylic acids is 1. The number of nitrogens with zero attached hydrogens (tertiary/aromatic N) is 2. The highest BCUT2D eigenvalue weighted by Crippen LogP contribution is 2.23. The molecule has 5 nitrogen and oxygen atoms in total. The van der Waals surface area contributed by atoms with Crippen LogP contribution in [0, 0.1) is 19.7 Å². The molecule has 3 aromatic rings. The molecule has 0 saturated heterocycles. The van der Waals surface area contributed by atoms with Crippen LogP contribution < -0.4 is 10.6 Å². The molecule has 2 N–H and O–H groups in total. The standard InChI is InChI=1S/C21H21FN4O/c1-14-6-5-7-15(2)20(14)26-19-12-18(24-13-25-19)21(27)23-11-10-16-8-3-4-9-17(16)22/h3-9,12-13H,10-11H2,1-2H3,(H,23,27)(H,24,25,26). The second kappa shape index (κ2) is 8.40. The summed E-state index contributed by atoms with van der Waals surface area (Å²) < 4.78 is 13.6. The first-order valence-electron chi connectivity index (χ1n) is 8.71. The van der Waals surface area contributed by atoms with Crippen molar-refractivity contribution in [3.8, 4) is 0 Å². The number of aromatic nitrogens is 2. The van der Waals surface area contributed by atoms with Crippen LogP contribution in [0.3, 0.4) is 0 Å². The summed E-state index contributed by atoms with van der Waals surface area (Å²) in [5.41, 5.74) is 3.96. The second-order valence-electron chi connectivity index (χ2n) is 6.28. The Morgan fingerprint density at radius 2 is 1.78 bits per heavy atom. The van der Waals surface area contributed by atoms with Crippen LogP contribution in [-0.4, -0.2) is 22.4 Å². The molecule has 0 unspecified atom stereocenters. The van der Waals surface area contributed by atoms with Crippen LogP contribution >= 0.6 is 0 Å². The van der Waals surface area contributed by atoms with Crippen molar-refractivity contribution in [2.24, 2.45) is 0 Å². The first-order chi connectivity index (χ1) is 13.0. The molecule has 0 aliphatic carbocycles. The van der Waals surface area contributed by atoms with Gasteiger partial charge in [-0.25, -0.2) is 14.4 Å². The van der Waals surface area contributed by atoms with E-state index in [9.17, 15) is 9.18 Å².